The van der Waals surface area contributed by atoms with Crippen LogP contribution in [0.5, 0.6) is 0 Å². The number of aromatic nitrogens is 1. The lowest BCUT2D eigenvalue weighted by atomic mass is 10.2. The molecule has 0 saturated heterocycles. The Morgan fingerprint density at radius 2 is 1.92 bits per heavy atom. The molecule has 0 atom stereocenters. The highest BCUT2D eigenvalue weighted by molar-refractivity contribution is 5.94. The SMILES string of the molecule is Cc1cc(NC(=O)CN(C)C(=O)CCCNC(=O)c2ccccc2)no1. The summed E-state index contributed by atoms with van der Waals surface area (Å²) in [7, 11) is 1.55. The van der Waals surface area contributed by atoms with Crippen molar-refractivity contribution in [3.63, 3.8) is 0 Å². The minimum atomic E-state index is -0.355. The molecular formula is C18H22N4O4. The molecule has 138 valence electrons. The Morgan fingerprint density at radius 3 is 2.58 bits per heavy atom. The Hall–Kier alpha value is -3.16. The van der Waals surface area contributed by atoms with Crippen molar-refractivity contribution in [3.8, 4) is 0 Å². The third-order valence-electron chi connectivity index (χ3n) is 3.59. The number of benzene rings is 1. The third kappa shape index (κ3) is 6.04. The van der Waals surface area contributed by atoms with E-state index in [4.69, 9.17) is 4.52 Å². The highest BCUT2D eigenvalue weighted by Gasteiger charge is 2.14. The first kappa shape index (κ1) is 19.2. The summed E-state index contributed by atoms with van der Waals surface area (Å²) >= 11 is 0. The summed E-state index contributed by atoms with van der Waals surface area (Å²) in [5.41, 5.74) is 0.579. The van der Waals surface area contributed by atoms with Crippen LogP contribution in [0, 0.1) is 6.92 Å². The van der Waals surface area contributed by atoms with Crippen LogP contribution < -0.4 is 10.6 Å². The number of amides is 3. The fraction of sp³-hybridized carbons (Fsp3) is 0.333. The number of likely N-dealkylation sites (N-methyl/N-ethyl adjacent to an activating group) is 1. The van der Waals surface area contributed by atoms with E-state index < -0.39 is 0 Å². The second kappa shape index (κ2) is 9.36. The van der Waals surface area contributed by atoms with Gasteiger partial charge in [-0.25, -0.2) is 0 Å². The van der Waals surface area contributed by atoms with Gasteiger partial charge in [-0.3, -0.25) is 14.4 Å². The number of nitrogens with zero attached hydrogens (tertiary/aromatic N) is 2. The number of hydrogen-bond donors (Lipinski definition) is 2. The molecule has 0 radical (unpaired) electrons. The summed E-state index contributed by atoms with van der Waals surface area (Å²) in [6.45, 7) is 2.02. The van der Waals surface area contributed by atoms with Gasteiger partial charge in [-0.15, -0.1) is 0 Å². The maximum absolute atomic E-state index is 12.0. The molecule has 0 aliphatic rings. The molecule has 0 fully saturated rings. The van der Waals surface area contributed by atoms with E-state index in [0.717, 1.165) is 0 Å². The summed E-state index contributed by atoms with van der Waals surface area (Å²) in [5, 5.41) is 8.98. The Bertz CT molecular complexity index is 758. The molecule has 3 amide bonds. The summed E-state index contributed by atoms with van der Waals surface area (Å²) < 4.78 is 4.85. The number of carbonyl (C=O) groups excluding carboxylic acids is 3. The van der Waals surface area contributed by atoms with Gasteiger partial charge in [0, 0.05) is 31.6 Å². The molecule has 0 saturated carbocycles. The number of anilines is 1. The molecule has 0 unspecified atom stereocenters. The molecule has 8 heteroatoms. The smallest absolute Gasteiger partial charge is 0.251 e. The summed E-state index contributed by atoms with van der Waals surface area (Å²) in [5.74, 6) is 0.199. The fourth-order valence-corrected chi connectivity index (χ4v) is 2.24. The molecule has 8 nitrogen and oxygen atoms in total. The molecule has 1 heterocycles. The van der Waals surface area contributed by atoms with Crippen molar-refractivity contribution in [2.24, 2.45) is 0 Å². The zero-order chi connectivity index (χ0) is 18.9. The lowest BCUT2D eigenvalue weighted by molar-refractivity contribution is -0.133. The number of hydrogen-bond acceptors (Lipinski definition) is 5. The van der Waals surface area contributed by atoms with E-state index in [9.17, 15) is 14.4 Å². The van der Waals surface area contributed by atoms with Gasteiger partial charge in [0.25, 0.3) is 5.91 Å². The van der Waals surface area contributed by atoms with Crippen LogP contribution >= 0.6 is 0 Å². The predicted octanol–water partition coefficient (Wildman–Crippen LogP) is 1.59. The van der Waals surface area contributed by atoms with Crippen molar-refractivity contribution in [1.82, 2.24) is 15.4 Å². The second-order valence-corrected chi connectivity index (χ2v) is 5.85. The van der Waals surface area contributed by atoms with Gasteiger partial charge in [-0.1, -0.05) is 23.4 Å². The maximum atomic E-state index is 12.0. The normalized spacial score (nSPS) is 10.2. The van der Waals surface area contributed by atoms with E-state index in [1.54, 1.807) is 44.3 Å². The van der Waals surface area contributed by atoms with E-state index in [2.05, 4.69) is 15.8 Å². The van der Waals surface area contributed by atoms with Crippen molar-refractivity contribution >= 4 is 23.5 Å². The van der Waals surface area contributed by atoms with Crippen LogP contribution in [0.4, 0.5) is 5.82 Å². The fourth-order valence-electron chi connectivity index (χ4n) is 2.24. The molecule has 1 aromatic heterocycles. The highest BCUT2D eigenvalue weighted by atomic mass is 16.5. The maximum Gasteiger partial charge on any atom is 0.251 e. The monoisotopic (exact) mass is 358 g/mol. The quantitative estimate of drug-likeness (QED) is 0.697. The summed E-state index contributed by atoms with van der Waals surface area (Å²) in [6.07, 6.45) is 0.730. The van der Waals surface area contributed by atoms with Gasteiger partial charge < -0.3 is 20.1 Å². The summed E-state index contributed by atoms with van der Waals surface area (Å²) in [6, 6.07) is 10.5. The minimum Gasteiger partial charge on any atom is -0.360 e. The minimum absolute atomic E-state index is 0.0822. The van der Waals surface area contributed by atoms with Gasteiger partial charge in [0.15, 0.2) is 5.82 Å². The van der Waals surface area contributed by atoms with E-state index in [1.165, 1.54) is 4.90 Å². The standard InChI is InChI=1S/C18H22N4O4/c1-13-11-15(21-26-13)20-16(23)12-22(2)17(24)9-6-10-19-18(25)14-7-4-3-5-8-14/h3-5,7-8,11H,6,9-10,12H2,1-2H3,(H,19,25)(H,20,21,23). The molecular weight excluding hydrogens is 336 g/mol. The van der Waals surface area contributed by atoms with Crippen LogP contribution in [0.3, 0.4) is 0 Å². The van der Waals surface area contributed by atoms with Crippen molar-refractivity contribution in [2.75, 3.05) is 25.5 Å². The number of carbonyl (C=O) groups is 3. The van der Waals surface area contributed by atoms with Crippen LogP contribution in [0.25, 0.3) is 0 Å². The van der Waals surface area contributed by atoms with E-state index in [0.29, 0.717) is 30.1 Å². The zero-order valence-corrected chi connectivity index (χ0v) is 14.8. The van der Waals surface area contributed by atoms with Crippen LogP contribution in [0.2, 0.25) is 0 Å². The Labute approximate surface area is 151 Å². The average Bonchev–Trinajstić information content (AvgIpc) is 3.03. The lowest BCUT2D eigenvalue weighted by Crippen LogP contribution is -2.35. The first-order chi connectivity index (χ1) is 12.5. The Morgan fingerprint density at radius 1 is 1.19 bits per heavy atom. The van der Waals surface area contributed by atoms with Crippen molar-refractivity contribution in [3.05, 3.63) is 47.7 Å². The molecule has 2 rings (SSSR count). The van der Waals surface area contributed by atoms with Gasteiger partial charge in [0.05, 0.1) is 6.54 Å². The predicted molar refractivity (Wildman–Crippen MR) is 95.5 cm³/mol. The van der Waals surface area contributed by atoms with Gasteiger partial charge >= 0.3 is 0 Å². The molecule has 0 bridgehead atoms. The van der Waals surface area contributed by atoms with E-state index >= 15 is 0 Å². The number of rotatable bonds is 8. The van der Waals surface area contributed by atoms with Gasteiger partial charge in [-0.2, -0.15) is 0 Å². The Kier molecular flexibility index (Phi) is 6.90. The van der Waals surface area contributed by atoms with E-state index in [1.807, 2.05) is 6.07 Å². The first-order valence-corrected chi connectivity index (χ1v) is 8.26. The van der Waals surface area contributed by atoms with Crippen LogP contribution in [0.1, 0.15) is 29.0 Å². The van der Waals surface area contributed by atoms with Gasteiger partial charge in [0.1, 0.15) is 5.76 Å². The molecule has 0 aliphatic carbocycles. The van der Waals surface area contributed by atoms with Crippen molar-refractivity contribution < 1.29 is 18.9 Å². The number of aryl methyl sites for hydroxylation is 1. The van der Waals surface area contributed by atoms with Crippen LogP contribution in [0.15, 0.2) is 40.9 Å². The van der Waals surface area contributed by atoms with Crippen molar-refractivity contribution in [2.45, 2.75) is 19.8 Å². The molecule has 2 aromatic rings. The van der Waals surface area contributed by atoms with Gasteiger partial charge in [-0.05, 0) is 25.5 Å². The Balaban J connectivity index is 1.65. The number of nitrogens with one attached hydrogen (secondary N) is 2. The molecule has 0 spiro atoms. The lowest BCUT2D eigenvalue weighted by Gasteiger charge is -2.16. The molecule has 1 aromatic carbocycles. The summed E-state index contributed by atoms with van der Waals surface area (Å²) in [4.78, 5) is 37.1. The van der Waals surface area contributed by atoms with E-state index in [-0.39, 0.29) is 30.7 Å². The molecule has 26 heavy (non-hydrogen) atoms. The largest absolute Gasteiger partial charge is 0.360 e. The van der Waals surface area contributed by atoms with Crippen LogP contribution in [-0.4, -0.2) is 47.9 Å². The molecule has 0 aliphatic heterocycles. The van der Waals surface area contributed by atoms with Crippen molar-refractivity contribution in [1.29, 1.82) is 0 Å². The van der Waals surface area contributed by atoms with Gasteiger partial charge in [0.2, 0.25) is 11.8 Å². The third-order valence-corrected chi connectivity index (χ3v) is 3.59. The topological polar surface area (TPSA) is 105 Å². The highest BCUT2D eigenvalue weighted by Crippen LogP contribution is 2.07. The zero-order valence-electron chi connectivity index (χ0n) is 14.8. The average molecular weight is 358 g/mol. The second-order valence-electron chi connectivity index (χ2n) is 5.85. The van der Waals surface area contributed by atoms with Crippen LogP contribution in [-0.2, 0) is 9.59 Å². The molecule has 2 N–H and O–H groups in total. The first-order valence-electron chi connectivity index (χ1n) is 8.26.